The van der Waals surface area contributed by atoms with Gasteiger partial charge >= 0.3 is 6.09 Å². The Morgan fingerprint density at radius 2 is 1.89 bits per heavy atom. The minimum atomic E-state index is -0.435. The highest BCUT2D eigenvalue weighted by Crippen LogP contribution is 2.38. The number of nitrogens with one attached hydrogen (secondary N) is 1. The van der Waals surface area contributed by atoms with E-state index in [4.69, 9.17) is 15.2 Å². The Labute approximate surface area is 165 Å². The number of carbonyl (C=O) groups is 1. The number of hydrogen-bond acceptors (Lipinski definition) is 4. The number of methoxy groups -OCH3 is 1. The van der Waals surface area contributed by atoms with E-state index in [2.05, 4.69) is 23.7 Å². The molecule has 0 atom stereocenters. The van der Waals surface area contributed by atoms with E-state index in [0.29, 0.717) is 12.3 Å². The quantitative estimate of drug-likeness (QED) is 0.547. The number of unbranched alkanes of at least 4 members (excludes halogenated alkanes) is 1. The molecular weight excluding hydrogens is 354 g/mol. The third-order valence-corrected chi connectivity index (χ3v) is 4.76. The highest BCUT2D eigenvalue weighted by Gasteiger charge is 2.16. The molecule has 0 aliphatic heterocycles. The molecule has 6 heteroatoms. The monoisotopic (exact) mass is 381 g/mol. The van der Waals surface area contributed by atoms with E-state index < -0.39 is 6.09 Å². The van der Waals surface area contributed by atoms with Crippen LogP contribution in [0, 0.1) is 0 Å². The predicted molar refractivity (Wildman–Crippen MR) is 114 cm³/mol. The molecule has 6 nitrogen and oxygen atoms in total. The van der Waals surface area contributed by atoms with E-state index in [1.807, 2.05) is 42.5 Å². The molecule has 0 unspecified atom stereocenters. The number of nitrogen functional groups attached to an aromatic ring is 1. The number of fused-ring (bicyclic) bond motifs is 1. The van der Waals surface area contributed by atoms with Gasteiger partial charge in [-0.1, -0.05) is 25.5 Å². The third-order valence-electron chi connectivity index (χ3n) is 4.76. The summed E-state index contributed by atoms with van der Waals surface area (Å²) in [5.74, 6) is 0.778. The molecule has 0 aliphatic carbocycles. The molecule has 1 heterocycles. The molecule has 0 spiro atoms. The van der Waals surface area contributed by atoms with Crippen molar-refractivity contribution in [2.24, 2.45) is 0 Å². The number of anilines is 2. The van der Waals surface area contributed by atoms with Crippen LogP contribution in [0.2, 0.25) is 0 Å². The predicted octanol–water partition coefficient (Wildman–Crippen LogP) is 5.27. The SMILES string of the molecule is CCCCOC(=O)Nc1ccc(-c2c(N)c3cc(OC)ccc3n2CC)cc1. The zero-order chi connectivity index (χ0) is 20.1. The molecule has 3 rings (SSSR count). The van der Waals surface area contributed by atoms with Gasteiger partial charge < -0.3 is 19.8 Å². The number of nitrogens with zero attached hydrogens (tertiary/aromatic N) is 1. The maximum atomic E-state index is 11.8. The van der Waals surface area contributed by atoms with Crippen LogP contribution < -0.4 is 15.8 Å². The topological polar surface area (TPSA) is 78.5 Å². The maximum absolute atomic E-state index is 11.8. The molecule has 1 amide bonds. The van der Waals surface area contributed by atoms with E-state index in [-0.39, 0.29) is 0 Å². The van der Waals surface area contributed by atoms with Crippen LogP contribution in [0.5, 0.6) is 5.75 Å². The number of benzene rings is 2. The number of carbonyl (C=O) groups excluding carboxylic acids is 1. The summed E-state index contributed by atoms with van der Waals surface area (Å²) in [6.45, 7) is 5.36. The van der Waals surface area contributed by atoms with Crippen LogP contribution in [0.25, 0.3) is 22.2 Å². The third kappa shape index (κ3) is 3.91. The molecule has 3 aromatic rings. The second-order valence-corrected chi connectivity index (χ2v) is 6.58. The van der Waals surface area contributed by atoms with E-state index in [1.165, 1.54) is 0 Å². The van der Waals surface area contributed by atoms with Crippen molar-refractivity contribution >= 4 is 28.4 Å². The Morgan fingerprint density at radius 1 is 1.14 bits per heavy atom. The fraction of sp³-hybridized carbons (Fsp3) is 0.318. The van der Waals surface area contributed by atoms with Crippen LogP contribution in [0.1, 0.15) is 26.7 Å². The summed E-state index contributed by atoms with van der Waals surface area (Å²) in [5.41, 5.74) is 10.9. The van der Waals surface area contributed by atoms with Gasteiger partial charge in [0.05, 0.1) is 30.6 Å². The van der Waals surface area contributed by atoms with Gasteiger partial charge in [0, 0.05) is 23.2 Å². The van der Waals surface area contributed by atoms with Crippen LogP contribution in [0.4, 0.5) is 16.2 Å². The van der Waals surface area contributed by atoms with Crippen LogP contribution in [-0.4, -0.2) is 24.4 Å². The van der Waals surface area contributed by atoms with Gasteiger partial charge in [-0.05, 0) is 43.7 Å². The van der Waals surface area contributed by atoms with E-state index in [0.717, 1.165) is 53.0 Å². The van der Waals surface area contributed by atoms with Gasteiger partial charge in [-0.25, -0.2) is 4.79 Å². The molecule has 0 radical (unpaired) electrons. The normalized spacial score (nSPS) is 10.8. The first kappa shape index (κ1) is 19.6. The van der Waals surface area contributed by atoms with Crippen molar-refractivity contribution in [3.63, 3.8) is 0 Å². The molecule has 0 saturated heterocycles. The molecule has 0 fully saturated rings. The van der Waals surface area contributed by atoms with Crippen molar-refractivity contribution in [2.75, 3.05) is 24.8 Å². The minimum absolute atomic E-state index is 0.428. The standard InChI is InChI=1S/C22H27N3O3/c1-4-6-13-28-22(26)24-16-9-7-15(8-10-16)21-20(23)18-14-17(27-3)11-12-19(18)25(21)5-2/h7-12,14H,4-6,13,23H2,1-3H3,(H,24,26). The van der Waals surface area contributed by atoms with Crippen LogP contribution >= 0.6 is 0 Å². The number of hydrogen-bond donors (Lipinski definition) is 2. The molecule has 0 bridgehead atoms. The maximum Gasteiger partial charge on any atom is 0.411 e. The van der Waals surface area contributed by atoms with Crippen molar-refractivity contribution in [3.8, 4) is 17.0 Å². The summed E-state index contributed by atoms with van der Waals surface area (Å²) in [7, 11) is 1.65. The summed E-state index contributed by atoms with van der Waals surface area (Å²) in [4.78, 5) is 11.8. The Morgan fingerprint density at radius 3 is 2.54 bits per heavy atom. The average molecular weight is 381 g/mol. The lowest BCUT2D eigenvalue weighted by Crippen LogP contribution is -2.14. The molecule has 1 aromatic heterocycles. The smallest absolute Gasteiger partial charge is 0.411 e. The summed E-state index contributed by atoms with van der Waals surface area (Å²) in [6, 6.07) is 13.5. The van der Waals surface area contributed by atoms with Gasteiger partial charge in [-0.2, -0.15) is 0 Å². The van der Waals surface area contributed by atoms with Crippen LogP contribution in [0.15, 0.2) is 42.5 Å². The number of rotatable bonds is 7. The number of aryl methyl sites for hydroxylation is 1. The van der Waals surface area contributed by atoms with E-state index in [9.17, 15) is 4.79 Å². The highest BCUT2D eigenvalue weighted by atomic mass is 16.5. The number of aromatic nitrogens is 1. The molecule has 2 aromatic carbocycles. The van der Waals surface area contributed by atoms with E-state index in [1.54, 1.807) is 7.11 Å². The lowest BCUT2D eigenvalue weighted by molar-refractivity contribution is 0.160. The molecular formula is C22H27N3O3. The van der Waals surface area contributed by atoms with E-state index >= 15 is 0 Å². The van der Waals surface area contributed by atoms with Gasteiger partial charge in [0.15, 0.2) is 0 Å². The fourth-order valence-electron chi connectivity index (χ4n) is 3.30. The first-order valence-electron chi connectivity index (χ1n) is 9.59. The lowest BCUT2D eigenvalue weighted by Gasteiger charge is -2.11. The van der Waals surface area contributed by atoms with Crippen molar-refractivity contribution in [2.45, 2.75) is 33.2 Å². The molecule has 28 heavy (non-hydrogen) atoms. The minimum Gasteiger partial charge on any atom is -0.497 e. The largest absolute Gasteiger partial charge is 0.497 e. The molecule has 3 N–H and O–H groups in total. The summed E-state index contributed by atoms with van der Waals surface area (Å²) in [6.07, 6.45) is 1.41. The summed E-state index contributed by atoms with van der Waals surface area (Å²) >= 11 is 0. The van der Waals surface area contributed by atoms with Crippen molar-refractivity contribution in [1.29, 1.82) is 0 Å². The van der Waals surface area contributed by atoms with Crippen molar-refractivity contribution in [1.82, 2.24) is 4.57 Å². The Hall–Kier alpha value is -3.15. The number of nitrogens with two attached hydrogens (primary N) is 1. The average Bonchev–Trinajstić information content (AvgIpc) is 3.00. The summed E-state index contributed by atoms with van der Waals surface area (Å²) in [5, 5.41) is 3.72. The Balaban J connectivity index is 1.88. The van der Waals surface area contributed by atoms with Crippen molar-refractivity contribution in [3.05, 3.63) is 42.5 Å². The van der Waals surface area contributed by atoms with Gasteiger partial charge in [-0.15, -0.1) is 0 Å². The number of ether oxygens (including phenoxy) is 2. The summed E-state index contributed by atoms with van der Waals surface area (Å²) < 4.78 is 12.7. The first-order valence-corrected chi connectivity index (χ1v) is 9.59. The zero-order valence-corrected chi connectivity index (χ0v) is 16.6. The van der Waals surface area contributed by atoms with Crippen LogP contribution in [-0.2, 0) is 11.3 Å². The fourth-order valence-corrected chi connectivity index (χ4v) is 3.30. The Bertz CT molecular complexity index is 961. The molecule has 0 aliphatic rings. The van der Waals surface area contributed by atoms with Crippen LogP contribution in [0.3, 0.4) is 0 Å². The molecule has 148 valence electrons. The van der Waals surface area contributed by atoms with Crippen molar-refractivity contribution < 1.29 is 14.3 Å². The Kier molecular flexibility index (Phi) is 6.09. The lowest BCUT2D eigenvalue weighted by atomic mass is 10.1. The second kappa shape index (κ2) is 8.69. The zero-order valence-electron chi connectivity index (χ0n) is 16.6. The van der Waals surface area contributed by atoms with Gasteiger partial charge in [0.25, 0.3) is 0 Å². The van der Waals surface area contributed by atoms with Gasteiger partial charge in [-0.3, -0.25) is 5.32 Å². The first-order chi connectivity index (χ1) is 13.6. The second-order valence-electron chi connectivity index (χ2n) is 6.58. The van der Waals surface area contributed by atoms with Gasteiger partial charge in [0.1, 0.15) is 5.75 Å². The number of amides is 1. The van der Waals surface area contributed by atoms with Gasteiger partial charge in [0.2, 0.25) is 0 Å². The molecule has 0 saturated carbocycles. The highest BCUT2D eigenvalue weighted by molar-refractivity contribution is 6.01.